The van der Waals surface area contributed by atoms with Crippen LogP contribution in [0.3, 0.4) is 0 Å². The molecule has 0 aliphatic rings. The molecule has 1 atom stereocenters. The van der Waals surface area contributed by atoms with E-state index in [9.17, 15) is 4.79 Å². The molecule has 0 spiro atoms. The van der Waals surface area contributed by atoms with Crippen molar-refractivity contribution < 1.29 is 14.3 Å². The monoisotopic (exact) mass is 409 g/mol. The van der Waals surface area contributed by atoms with Gasteiger partial charge in [-0.3, -0.25) is 4.79 Å². The Morgan fingerprint density at radius 1 is 1.00 bits per heavy atom. The first-order valence-electron chi connectivity index (χ1n) is 9.11. The number of aromatic nitrogens is 2. The number of hydrogen-bond donors (Lipinski definition) is 1. The van der Waals surface area contributed by atoms with Gasteiger partial charge >= 0.3 is 0 Å². The maximum Gasteiger partial charge on any atom is 0.237 e. The molecule has 1 N–H and O–H groups in total. The van der Waals surface area contributed by atoms with Crippen molar-refractivity contribution in [1.29, 1.82) is 0 Å². The zero-order valence-electron chi connectivity index (χ0n) is 16.8. The van der Waals surface area contributed by atoms with Gasteiger partial charge in [0.1, 0.15) is 0 Å². The summed E-state index contributed by atoms with van der Waals surface area (Å²) >= 11 is 1.32. The van der Waals surface area contributed by atoms with Gasteiger partial charge in [0.2, 0.25) is 5.91 Å². The third-order valence-corrected chi connectivity index (χ3v) is 5.17. The standard InChI is InChI=1S/C22H23N3O3S/c1-14-12-18(16-8-6-5-7-9-16)25-22(23-14)29-15(2)21(26)24-17-10-11-19(27-3)20(13-17)28-4/h5-13,15H,1-4H3,(H,24,26). The average Bonchev–Trinajstić information content (AvgIpc) is 2.73. The van der Waals surface area contributed by atoms with Crippen LogP contribution in [0.2, 0.25) is 0 Å². The van der Waals surface area contributed by atoms with Crippen LogP contribution in [0, 0.1) is 6.92 Å². The van der Waals surface area contributed by atoms with Gasteiger partial charge in [0.25, 0.3) is 0 Å². The van der Waals surface area contributed by atoms with Gasteiger partial charge in [-0.2, -0.15) is 0 Å². The van der Waals surface area contributed by atoms with Gasteiger partial charge in [-0.25, -0.2) is 9.97 Å². The van der Waals surface area contributed by atoms with Crippen LogP contribution in [-0.2, 0) is 4.79 Å². The van der Waals surface area contributed by atoms with Gasteiger partial charge in [-0.15, -0.1) is 0 Å². The van der Waals surface area contributed by atoms with Gasteiger partial charge in [0, 0.05) is 23.0 Å². The maximum atomic E-state index is 12.7. The molecule has 29 heavy (non-hydrogen) atoms. The summed E-state index contributed by atoms with van der Waals surface area (Å²) < 4.78 is 10.5. The Balaban J connectivity index is 1.72. The van der Waals surface area contributed by atoms with E-state index in [1.54, 1.807) is 32.4 Å². The number of nitrogens with one attached hydrogen (secondary N) is 1. The molecule has 0 bridgehead atoms. The van der Waals surface area contributed by atoms with Crippen molar-refractivity contribution in [3.8, 4) is 22.8 Å². The molecular weight excluding hydrogens is 386 g/mol. The normalized spacial score (nSPS) is 11.6. The zero-order chi connectivity index (χ0) is 20.8. The largest absolute Gasteiger partial charge is 0.493 e. The Labute approximate surface area is 174 Å². The molecule has 150 valence electrons. The molecule has 0 aliphatic heterocycles. The first kappa shape index (κ1) is 20.7. The van der Waals surface area contributed by atoms with Crippen LogP contribution < -0.4 is 14.8 Å². The molecule has 1 amide bonds. The SMILES string of the molecule is COc1ccc(NC(=O)C(C)Sc2nc(C)cc(-c3ccccc3)n2)cc1OC. The highest BCUT2D eigenvalue weighted by atomic mass is 32.2. The third-order valence-electron chi connectivity index (χ3n) is 4.21. The number of methoxy groups -OCH3 is 2. The highest BCUT2D eigenvalue weighted by molar-refractivity contribution is 8.00. The average molecular weight is 410 g/mol. The summed E-state index contributed by atoms with van der Waals surface area (Å²) in [6.45, 7) is 3.75. The number of aryl methyl sites for hydroxylation is 1. The summed E-state index contributed by atoms with van der Waals surface area (Å²) in [5, 5.41) is 3.09. The van der Waals surface area contributed by atoms with E-state index < -0.39 is 0 Å². The number of carbonyl (C=O) groups excluding carboxylic acids is 1. The minimum Gasteiger partial charge on any atom is -0.493 e. The lowest BCUT2D eigenvalue weighted by Crippen LogP contribution is -2.22. The van der Waals surface area contributed by atoms with Crippen LogP contribution in [-0.4, -0.2) is 35.3 Å². The summed E-state index contributed by atoms with van der Waals surface area (Å²) in [7, 11) is 3.13. The molecule has 1 aromatic heterocycles. The van der Waals surface area contributed by atoms with E-state index in [2.05, 4.69) is 15.3 Å². The van der Waals surface area contributed by atoms with E-state index in [4.69, 9.17) is 9.47 Å². The van der Waals surface area contributed by atoms with E-state index in [0.717, 1.165) is 17.0 Å². The van der Waals surface area contributed by atoms with Crippen molar-refractivity contribution in [2.45, 2.75) is 24.3 Å². The lowest BCUT2D eigenvalue weighted by atomic mass is 10.1. The Kier molecular flexibility index (Phi) is 6.72. The van der Waals surface area contributed by atoms with E-state index in [-0.39, 0.29) is 11.2 Å². The van der Waals surface area contributed by atoms with Crippen molar-refractivity contribution in [3.63, 3.8) is 0 Å². The number of nitrogens with zero attached hydrogens (tertiary/aromatic N) is 2. The Bertz CT molecular complexity index is 996. The second-order valence-electron chi connectivity index (χ2n) is 6.36. The predicted octanol–water partition coefficient (Wildman–Crippen LogP) is 4.59. The van der Waals surface area contributed by atoms with Crippen LogP contribution in [0.4, 0.5) is 5.69 Å². The van der Waals surface area contributed by atoms with Gasteiger partial charge in [0.15, 0.2) is 16.7 Å². The van der Waals surface area contributed by atoms with Crippen molar-refractivity contribution >= 4 is 23.4 Å². The molecule has 1 heterocycles. The van der Waals surface area contributed by atoms with Crippen LogP contribution in [0.15, 0.2) is 59.8 Å². The first-order valence-corrected chi connectivity index (χ1v) is 9.98. The van der Waals surface area contributed by atoms with Gasteiger partial charge < -0.3 is 14.8 Å². The van der Waals surface area contributed by atoms with Crippen LogP contribution in [0.5, 0.6) is 11.5 Å². The molecule has 3 aromatic rings. The first-order chi connectivity index (χ1) is 14.0. The molecule has 2 aromatic carbocycles. The molecule has 0 aliphatic carbocycles. The highest BCUT2D eigenvalue weighted by Gasteiger charge is 2.18. The molecule has 7 heteroatoms. The van der Waals surface area contributed by atoms with Gasteiger partial charge in [-0.1, -0.05) is 42.1 Å². The molecule has 0 saturated heterocycles. The second kappa shape index (κ2) is 9.43. The fourth-order valence-corrected chi connectivity index (χ4v) is 3.55. The van der Waals surface area contributed by atoms with Crippen molar-refractivity contribution in [2.24, 2.45) is 0 Å². The van der Waals surface area contributed by atoms with E-state index in [1.165, 1.54) is 11.8 Å². The number of thioether (sulfide) groups is 1. The molecule has 3 rings (SSSR count). The fourth-order valence-electron chi connectivity index (χ4n) is 2.72. The molecule has 0 radical (unpaired) electrons. The van der Waals surface area contributed by atoms with E-state index >= 15 is 0 Å². The quantitative estimate of drug-likeness (QED) is 0.455. The number of ether oxygens (including phenoxy) is 2. The third kappa shape index (κ3) is 5.26. The predicted molar refractivity (Wildman–Crippen MR) is 116 cm³/mol. The van der Waals surface area contributed by atoms with Gasteiger partial charge in [0.05, 0.1) is 25.2 Å². The van der Waals surface area contributed by atoms with Crippen molar-refractivity contribution in [1.82, 2.24) is 9.97 Å². The summed E-state index contributed by atoms with van der Waals surface area (Å²) in [5.74, 6) is 1.02. The fraction of sp³-hybridized carbons (Fsp3) is 0.227. The van der Waals surface area contributed by atoms with Crippen molar-refractivity contribution in [2.75, 3.05) is 19.5 Å². The number of carbonyl (C=O) groups is 1. The minimum absolute atomic E-state index is 0.145. The number of amides is 1. The number of rotatable bonds is 7. The summed E-state index contributed by atoms with van der Waals surface area (Å²) in [6.07, 6.45) is 0. The van der Waals surface area contributed by atoms with Crippen molar-refractivity contribution in [3.05, 3.63) is 60.3 Å². The van der Waals surface area contributed by atoms with Crippen LogP contribution in [0.1, 0.15) is 12.6 Å². The maximum absolute atomic E-state index is 12.7. The van der Waals surface area contributed by atoms with E-state index in [0.29, 0.717) is 22.3 Å². The lowest BCUT2D eigenvalue weighted by molar-refractivity contribution is -0.115. The molecule has 0 saturated carbocycles. The van der Waals surface area contributed by atoms with E-state index in [1.807, 2.05) is 50.2 Å². The lowest BCUT2D eigenvalue weighted by Gasteiger charge is -2.14. The summed E-state index contributed by atoms with van der Waals surface area (Å²) in [4.78, 5) is 21.7. The smallest absolute Gasteiger partial charge is 0.237 e. The zero-order valence-corrected chi connectivity index (χ0v) is 17.6. The molecule has 1 unspecified atom stereocenters. The number of anilines is 1. The topological polar surface area (TPSA) is 73.3 Å². The number of hydrogen-bond acceptors (Lipinski definition) is 6. The van der Waals surface area contributed by atoms with Crippen LogP contribution >= 0.6 is 11.8 Å². The number of benzene rings is 2. The highest BCUT2D eigenvalue weighted by Crippen LogP contribution is 2.30. The van der Waals surface area contributed by atoms with Crippen LogP contribution in [0.25, 0.3) is 11.3 Å². The Morgan fingerprint density at radius 3 is 2.41 bits per heavy atom. The molecule has 6 nitrogen and oxygen atoms in total. The summed E-state index contributed by atoms with van der Waals surface area (Å²) in [6, 6.07) is 17.1. The minimum atomic E-state index is -0.381. The molecular formula is C22H23N3O3S. The second-order valence-corrected chi connectivity index (χ2v) is 7.67. The Morgan fingerprint density at radius 2 is 1.72 bits per heavy atom. The summed E-state index contributed by atoms with van der Waals surface area (Å²) in [5.41, 5.74) is 3.35. The molecule has 0 fully saturated rings. The Hall–Kier alpha value is -3.06. The van der Waals surface area contributed by atoms with Gasteiger partial charge in [-0.05, 0) is 32.0 Å².